The number of carbonyl (C=O) groups excluding carboxylic acids is 1. The van der Waals surface area contributed by atoms with Gasteiger partial charge >= 0.3 is 0 Å². The molecule has 0 aromatic carbocycles. The van der Waals surface area contributed by atoms with Crippen molar-refractivity contribution >= 4 is 11.6 Å². The Balaban J connectivity index is 1.32. The minimum atomic E-state index is -0.0786. The monoisotopic (exact) mass is 434 g/mol. The molecule has 2 aliphatic heterocycles. The lowest BCUT2D eigenvalue weighted by Crippen LogP contribution is -2.41. The maximum Gasteiger partial charge on any atom is 0.277 e. The van der Waals surface area contributed by atoms with E-state index in [1.165, 1.54) is 0 Å². The first-order valence-corrected chi connectivity index (χ1v) is 11.5. The summed E-state index contributed by atoms with van der Waals surface area (Å²) in [6.07, 6.45) is 4.54. The molecule has 0 unspecified atom stereocenters. The smallest absolute Gasteiger partial charge is 0.277 e. The van der Waals surface area contributed by atoms with Crippen LogP contribution in [0.2, 0.25) is 0 Å². The van der Waals surface area contributed by atoms with E-state index in [0.29, 0.717) is 36.6 Å². The minimum Gasteiger partial charge on any atom is -0.337 e. The summed E-state index contributed by atoms with van der Waals surface area (Å²) in [5, 5.41) is 3.32. The first kappa shape index (κ1) is 20.9. The highest BCUT2D eigenvalue weighted by Crippen LogP contribution is 2.28. The molecular formula is C24H30N6O2. The molecule has 32 heavy (non-hydrogen) atoms. The maximum atomic E-state index is 13.2. The molecule has 0 atom stereocenters. The fraction of sp³-hybridized carbons (Fsp3) is 0.500. The summed E-state index contributed by atoms with van der Waals surface area (Å²) < 4.78 is 1.57. The molecule has 3 aromatic heterocycles. The Hall–Kier alpha value is -3.00. The Labute approximate surface area is 187 Å². The molecule has 3 aromatic rings. The van der Waals surface area contributed by atoms with Gasteiger partial charge in [0.15, 0.2) is 5.65 Å². The molecule has 8 heteroatoms. The van der Waals surface area contributed by atoms with Gasteiger partial charge in [0.2, 0.25) is 5.91 Å². The molecule has 0 radical (unpaired) electrons. The number of aromatic amines is 1. The van der Waals surface area contributed by atoms with E-state index in [-0.39, 0.29) is 17.4 Å². The topological polar surface area (TPSA) is 86.6 Å². The number of rotatable bonds is 4. The summed E-state index contributed by atoms with van der Waals surface area (Å²) in [7, 11) is 0. The predicted octanol–water partition coefficient (Wildman–Crippen LogP) is 2.34. The van der Waals surface area contributed by atoms with E-state index in [2.05, 4.69) is 21.0 Å². The van der Waals surface area contributed by atoms with Gasteiger partial charge in [-0.05, 0) is 38.1 Å². The van der Waals surface area contributed by atoms with Crippen LogP contribution in [0, 0.1) is 5.92 Å². The average molecular weight is 435 g/mol. The molecule has 1 N–H and O–H groups in total. The summed E-state index contributed by atoms with van der Waals surface area (Å²) in [5.41, 5.74) is 4.25. The molecule has 8 nitrogen and oxygen atoms in total. The zero-order valence-electron chi connectivity index (χ0n) is 18.8. The highest BCUT2D eigenvalue weighted by Gasteiger charge is 2.28. The van der Waals surface area contributed by atoms with Crippen molar-refractivity contribution in [3.05, 3.63) is 63.5 Å². The molecule has 1 saturated heterocycles. The average Bonchev–Trinajstić information content (AvgIpc) is 3.24. The summed E-state index contributed by atoms with van der Waals surface area (Å²) in [6.45, 7) is 7.64. The van der Waals surface area contributed by atoms with Gasteiger partial charge in [0.1, 0.15) is 0 Å². The fourth-order valence-electron chi connectivity index (χ4n) is 4.89. The van der Waals surface area contributed by atoms with Crippen LogP contribution in [0.1, 0.15) is 55.3 Å². The van der Waals surface area contributed by atoms with E-state index in [1.54, 1.807) is 9.42 Å². The summed E-state index contributed by atoms with van der Waals surface area (Å²) in [4.78, 5) is 39.0. The van der Waals surface area contributed by atoms with Crippen LogP contribution in [0.3, 0.4) is 0 Å². The number of carbonyl (C=O) groups is 1. The normalized spacial score (nSPS) is 17.8. The van der Waals surface area contributed by atoms with Gasteiger partial charge in [-0.15, -0.1) is 0 Å². The first-order valence-electron chi connectivity index (χ1n) is 11.5. The van der Waals surface area contributed by atoms with Crippen LogP contribution in [0.5, 0.6) is 0 Å². The zero-order valence-corrected chi connectivity index (χ0v) is 18.8. The molecule has 168 valence electrons. The van der Waals surface area contributed by atoms with Gasteiger partial charge in [0, 0.05) is 49.3 Å². The second-order valence-electron chi connectivity index (χ2n) is 9.28. The van der Waals surface area contributed by atoms with Crippen molar-refractivity contribution in [3.8, 4) is 0 Å². The third-order valence-electron chi connectivity index (χ3n) is 6.73. The SMILES string of the molecule is CC(C)C(=O)N1CCc2nc3cc(C4CCN(Cc5ccccn5)CC4)[nH]n3c(=O)c2C1. The maximum absolute atomic E-state index is 13.2. The number of likely N-dealkylation sites (tertiary alicyclic amines) is 1. The number of hydrogen-bond donors (Lipinski definition) is 1. The Morgan fingerprint density at radius 3 is 2.75 bits per heavy atom. The molecule has 0 spiro atoms. The van der Waals surface area contributed by atoms with E-state index in [1.807, 2.05) is 38.2 Å². The van der Waals surface area contributed by atoms with Gasteiger partial charge in [0.05, 0.1) is 23.5 Å². The second kappa shape index (κ2) is 8.50. The lowest BCUT2D eigenvalue weighted by Gasteiger charge is -2.31. The van der Waals surface area contributed by atoms with Gasteiger partial charge in [0.25, 0.3) is 5.56 Å². The van der Waals surface area contributed by atoms with Crippen molar-refractivity contribution in [2.45, 2.75) is 52.1 Å². The van der Waals surface area contributed by atoms with Crippen LogP contribution in [0.15, 0.2) is 35.3 Å². The molecule has 0 bridgehead atoms. The number of H-pyrrole nitrogens is 1. The molecule has 0 aliphatic carbocycles. The molecular weight excluding hydrogens is 404 g/mol. The lowest BCUT2D eigenvalue weighted by molar-refractivity contribution is -0.135. The zero-order chi connectivity index (χ0) is 22.2. The van der Waals surface area contributed by atoms with Crippen molar-refractivity contribution in [2.75, 3.05) is 19.6 Å². The van der Waals surface area contributed by atoms with Gasteiger partial charge in [-0.1, -0.05) is 19.9 Å². The van der Waals surface area contributed by atoms with Crippen molar-refractivity contribution < 1.29 is 4.79 Å². The highest BCUT2D eigenvalue weighted by molar-refractivity contribution is 5.78. The van der Waals surface area contributed by atoms with E-state index < -0.39 is 0 Å². The molecule has 1 fully saturated rings. The molecule has 2 aliphatic rings. The van der Waals surface area contributed by atoms with E-state index in [0.717, 1.165) is 49.6 Å². The summed E-state index contributed by atoms with van der Waals surface area (Å²) in [6, 6.07) is 8.08. The number of piperidine rings is 1. The highest BCUT2D eigenvalue weighted by atomic mass is 16.2. The number of nitrogens with zero attached hydrogens (tertiary/aromatic N) is 5. The third-order valence-corrected chi connectivity index (χ3v) is 6.73. The number of hydrogen-bond acceptors (Lipinski definition) is 5. The molecule has 5 rings (SSSR count). The van der Waals surface area contributed by atoms with E-state index in [4.69, 9.17) is 4.98 Å². The van der Waals surface area contributed by atoms with E-state index in [9.17, 15) is 9.59 Å². The standard InChI is InChI=1S/C24H30N6O2/c1-16(2)23(31)29-12-8-20-19(15-29)24(32)30-22(26-20)13-21(27-30)17-6-10-28(11-7-17)14-18-5-3-4-9-25-18/h3-5,9,13,16-17,27H,6-8,10-12,14-15H2,1-2H3. The van der Waals surface area contributed by atoms with Crippen molar-refractivity contribution in [3.63, 3.8) is 0 Å². The van der Waals surface area contributed by atoms with Crippen LogP contribution in [-0.4, -0.2) is 54.9 Å². The van der Waals surface area contributed by atoms with Crippen LogP contribution < -0.4 is 5.56 Å². The van der Waals surface area contributed by atoms with Gasteiger partial charge in [-0.2, -0.15) is 0 Å². The fourth-order valence-corrected chi connectivity index (χ4v) is 4.89. The Morgan fingerprint density at radius 2 is 2.03 bits per heavy atom. The van der Waals surface area contributed by atoms with Crippen molar-refractivity contribution in [1.82, 2.24) is 29.4 Å². The Morgan fingerprint density at radius 1 is 1.22 bits per heavy atom. The Kier molecular flexibility index (Phi) is 5.55. The lowest BCUT2D eigenvalue weighted by atomic mass is 9.93. The largest absolute Gasteiger partial charge is 0.337 e. The minimum absolute atomic E-state index is 0.0726. The number of fused-ring (bicyclic) bond motifs is 2. The quantitative estimate of drug-likeness (QED) is 0.681. The number of aromatic nitrogens is 4. The molecule has 5 heterocycles. The number of pyridine rings is 1. The van der Waals surface area contributed by atoms with Gasteiger partial charge in [-0.3, -0.25) is 24.6 Å². The van der Waals surface area contributed by atoms with Crippen LogP contribution in [0.25, 0.3) is 5.65 Å². The van der Waals surface area contributed by atoms with Crippen LogP contribution in [0.4, 0.5) is 0 Å². The van der Waals surface area contributed by atoms with Gasteiger partial charge in [-0.25, -0.2) is 9.50 Å². The first-order chi connectivity index (χ1) is 15.5. The van der Waals surface area contributed by atoms with Crippen LogP contribution >= 0.6 is 0 Å². The summed E-state index contributed by atoms with van der Waals surface area (Å²) in [5.74, 6) is 0.397. The van der Waals surface area contributed by atoms with Crippen LogP contribution in [-0.2, 0) is 24.3 Å². The van der Waals surface area contributed by atoms with E-state index >= 15 is 0 Å². The van der Waals surface area contributed by atoms with Crippen molar-refractivity contribution in [2.24, 2.45) is 5.92 Å². The number of amides is 1. The molecule has 1 amide bonds. The Bertz CT molecular complexity index is 1170. The second-order valence-corrected chi connectivity index (χ2v) is 9.28. The number of nitrogens with one attached hydrogen (secondary N) is 1. The van der Waals surface area contributed by atoms with Gasteiger partial charge < -0.3 is 4.90 Å². The van der Waals surface area contributed by atoms with Crippen molar-refractivity contribution in [1.29, 1.82) is 0 Å². The summed E-state index contributed by atoms with van der Waals surface area (Å²) >= 11 is 0. The molecule has 0 saturated carbocycles. The predicted molar refractivity (Wildman–Crippen MR) is 121 cm³/mol. The third kappa shape index (κ3) is 3.95.